The summed E-state index contributed by atoms with van der Waals surface area (Å²) in [6.45, 7) is 3.63. The highest BCUT2D eigenvalue weighted by molar-refractivity contribution is 5.82. The van der Waals surface area contributed by atoms with Gasteiger partial charge in [0.2, 0.25) is 5.91 Å². The van der Waals surface area contributed by atoms with Gasteiger partial charge in [0.15, 0.2) is 0 Å². The van der Waals surface area contributed by atoms with Gasteiger partial charge in [-0.25, -0.2) is 0 Å². The third kappa shape index (κ3) is 2.59. The molecule has 21 heavy (non-hydrogen) atoms. The summed E-state index contributed by atoms with van der Waals surface area (Å²) < 4.78 is 7.73. The van der Waals surface area contributed by atoms with Gasteiger partial charge in [-0.2, -0.15) is 5.10 Å². The van der Waals surface area contributed by atoms with Crippen molar-refractivity contribution in [3.63, 3.8) is 0 Å². The fourth-order valence-electron chi connectivity index (χ4n) is 3.62. The number of hydrogen-bond donors (Lipinski definition) is 1. The van der Waals surface area contributed by atoms with Gasteiger partial charge in [0.1, 0.15) is 6.10 Å². The van der Waals surface area contributed by atoms with Crippen molar-refractivity contribution in [3.8, 4) is 0 Å². The Kier molecular flexibility index (Phi) is 3.25. The number of ether oxygens (including phenoxy) is 1. The van der Waals surface area contributed by atoms with Crippen LogP contribution in [0.25, 0.3) is 0 Å². The summed E-state index contributed by atoms with van der Waals surface area (Å²) in [4.78, 5) is 12.4. The number of nitrogens with one attached hydrogen (secondary N) is 1. The lowest BCUT2D eigenvalue weighted by Gasteiger charge is -2.19. The Balaban J connectivity index is 1.38. The van der Waals surface area contributed by atoms with E-state index >= 15 is 0 Å². The van der Waals surface area contributed by atoms with Crippen molar-refractivity contribution in [1.29, 1.82) is 0 Å². The van der Waals surface area contributed by atoms with Crippen molar-refractivity contribution in [3.05, 3.63) is 18.0 Å². The van der Waals surface area contributed by atoms with E-state index in [1.54, 1.807) is 0 Å². The first-order valence-corrected chi connectivity index (χ1v) is 8.20. The number of nitrogens with zero attached hydrogens (tertiary/aromatic N) is 2. The van der Waals surface area contributed by atoms with E-state index in [0.29, 0.717) is 12.5 Å². The second-order valence-electron chi connectivity index (χ2n) is 6.67. The molecule has 0 bridgehead atoms. The second kappa shape index (κ2) is 5.13. The third-order valence-corrected chi connectivity index (χ3v) is 5.13. The molecule has 1 amide bonds. The first kappa shape index (κ1) is 13.3. The first-order valence-electron chi connectivity index (χ1n) is 8.20. The molecule has 2 aliphatic carbocycles. The Hall–Kier alpha value is -1.36. The van der Waals surface area contributed by atoms with Crippen molar-refractivity contribution in [1.82, 2.24) is 15.1 Å². The summed E-state index contributed by atoms with van der Waals surface area (Å²) in [5.41, 5.74) is 1.08. The van der Waals surface area contributed by atoms with E-state index in [1.165, 1.54) is 12.8 Å². The molecule has 2 saturated carbocycles. The van der Waals surface area contributed by atoms with E-state index in [2.05, 4.69) is 17.3 Å². The fourth-order valence-corrected chi connectivity index (χ4v) is 3.62. The number of amides is 1. The molecular weight excluding hydrogens is 266 g/mol. The first-order chi connectivity index (χ1) is 10.3. The lowest BCUT2D eigenvalue weighted by Crippen LogP contribution is -2.38. The van der Waals surface area contributed by atoms with Crippen LogP contribution in [-0.4, -0.2) is 28.3 Å². The van der Waals surface area contributed by atoms with Crippen LogP contribution >= 0.6 is 0 Å². The number of rotatable bonds is 5. The summed E-state index contributed by atoms with van der Waals surface area (Å²) in [7, 11) is 0. The van der Waals surface area contributed by atoms with Crippen LogP contribution in [0.3, 0.4) is 0 Å². The fraction of sp³-hybridized carbons (Fsp3) is 0.750. The molecule has 2 heterocycles. The van der Waals surface area contributed by atoms with Gasteiger partial charge in [0.05, 0.1) is 12.2 Å². The number of hydrogen-bond acceptors (Lipinski definition) is 3. The number of aryl methyl sites for hydroxylation is 1. The standard InChI is InChI=1S/C16H23N3O2/c1-2-19-9-11(8-17-19)15-14(5-6-21-15)18-16(20)13-7-12(13)10-3-4-10/h8-10,12-15H,2-7H2,1H3,(H,18,20)/t12-,13-,14+,15-/m1/s1. The van der Waals surface area contributed by atoms with E-state index in [1.807, 2.05) is 17.1 Å². The molecule has 0 radical (unpaired) electrons. The highest BCUT2D eigenvalue weighted by Gasteiger charge is 2.51. The summed E-state index contributed by atoms with van der Waals surface area (Å²) in [5, 5.41) is 7.54. The van der Waals surface area contributed by atoms with Gasteiger partial charge in [0.25, 0.3) is 0 Å². The minimum atomic E-state index is -0.0348. The lowest BCUT2D eigenvalue weighted by atomic mass is 10.0. The molecule has 4 atom stereocenters. The van der Waals surface area contributed by atoms with Crippen LogP contribution in [0, 0.1) is 17.8 Å². The minimum absolute atomic E-state index is 0.0348. The number of aromatic nitrogens is 2. The molecule has 4 rings (SSSR count). The third-order valence-electron chi connectivity index (χ3n) is 5.13. The van der Waals surface area contributed by atoms with E-state index in [0.717, 1.165) is 30.9 Å². The topological polar surface area (TPSA) is 56.1 Å². The second-order valence-corrected chi connectivity index (χ2v) is 6.67. The lowest BCUT2D eigenvalue weighted by molar-refractivity contribution is -0.123. The Morgan fingerprint density at radius 1 is 1.48 bits per heavy atom. The quantitative estimate of drug-likeness (QED) is 0.900. The van der Waals surface area contributed by atoms with Crippen LogP contribution in [0.15, 0.2) is 12.4 Å². The van der Waals surface area contributed by atoms with Gasteiger partial charge >= 0.3 is 0 Å². The SMILES string of the molecule is CCn1cc([C@H]2OCC[C@@H]2NC(=O)[C@@H]2C[C@@H]2C2CC2)cn1. The predicted octanol–water partition coefficient (Wildman–Crippen LogP) is 1.90. The van der Waals surface area contributed by atoms with Crippen LogP contribution in [0.4, 0.5) is 0 Å². The van der Waals surface area contributed by atoms with Crippen LogP contribution in [0.5, 0.6) is 0 Å². The molecule has 3 fully saturated rings. The van der Waals surface area contributed by atoms with Gasteiger partial charge in [-0.15, -0.1) is 0 Å². The van der Waals surface area contributed by atoms with Crippen LogP contribution < -0.4 is 5.32 Å². The van der Waals surface area contributed by atoms with Crippen molar-refractivity contribution >= 4 is 5.91 Å². The molecule has 1 aliphatic heterocycles. The molecule has 5 heteroatoms. The summed E-state index contributed by atoms with van der Waals surface area (Å²) in [5.74, 6) is 2.04. The van der Waals surface area contributed by atoms with Gasteiger partial charge < -0.3 is 10.1 Å². The molecule has 0 aromatic carbocycles. The molecule has 0 spiro atoms. The van der Waals surface area contributed by atoms with E-state index < -0.39 is 0 Å². The Bertz CT molecular complexity index is 537. The van der Waals surface area contributed by atoms with E-state index in [-0.39, 0.29) is 24.0 Å². The molecular formula is C16H23N3O2. The Morgan fingerprint density at radius 2 is 2.33 bits per heavy atom. The maximum atomic E-state index is 12.4. The van der Waals surface area contributed by atoms with E-state index in [4.69, 9.17) is 4.74 Å². The molecule has 1 saturated heterocycles. The summed E-state index contributed by atoms with van der Waals surface area (Å²) in [6, 6.07) is 0.104. The molecule has 1 aromatic heterocycles. The maximum absolute atomic E-state index is 12.4. The zero-order valence-electron chi connectivity index (χ0n) is 12.5. The Morgan fingerprint density at radius 3 is 3.05 bits per heavy atom. The Labute approximate surface area is 125 Å². The normalized spacial score (nSPS) is 34.9. The highest BCUT2D eigenvalue weighted by Crippen LogP contribution is 2.54. The van der Waals surface area contributed by atoms with Crippen LogP contribution in [-0.2, 0) is 16.1 Å². The van der Waals surface area contributed by atoms with E-state index in [9.17, 15) is 4.79 Å². The van der Waals surface area contributed by atoms with Gasteiger partial charge in [-0.05, 0) is 44.4 Å². The number of carbonyl (C=O) groups excluding carboxylic acids is 1. The highest BCUT2D eigenvalue weighted by atomic mass is 16.5. The molecule has 114 valence electrons. The van der Waals surface area contributed by atoms with Crippen molar-refractivity contribution in [2.24, 2.45) is 17.8 Å². The molecule has 1 aromatic rings. The van der Waals surface area contributed by atoms with Crippen molar-refractivity contribution < 1.29 is 9.53 Å². The average molecular weight is 289 g/mol. The molecule has 0 unspecified atom stereocenters. The van der Waals surface area contributed by atoms with Gasteiger partial charge in [-0.1, -0.05) is 0 Å². The monoisotopic (exact) mass is 289 g/mol. The maximum Gasteiger partial charge on any atom is 0.223 e. The summed E-state index contributed by atoms with van der Waals surface area (Å²) in [6.07, 6.45) is 8.52. The smallest absolute Gasteiger partial charge is 0.223 e. The number of carbonyl (C=O) groups is 1. The largest absolute Gasteiger partial charge is 0.371 e. The summed E-state index contributed by atoms with van der Waals surface area (Å²) >= 11 is 0. The van der Waals surface area contributed by atoms with Crippen molar-refractivity contribution in [2.45, 2.75) is 51.3 Å². The van der Waals surface area contributed by atoms with Crippen LogP contribution in [0.2, 0.25) is 0 Å². The molecule has 1 N–H and O–H groups in total. The predicted molar refractivity (Wildman–Crippen MR) is 77.5 cm³/mol. The zero-order chi connectivity index (χ0) is 14.4. The zero-order valence-corrected chi connectivity index (χ0v) is 12.5. The molecule has 5 nitrogen and oxygen atoms in total. The van der Waals surface area contributed by atoms with Gasteiger partial charge in [-0.3, -0.25) is 9.48 Å². The van der Waals surface area contributed by atoms with Crippen molar-refractivity contribution in [2.75, 3.05) is 6.61 Å². The van der Waals surface area contributed by atoms with Crippen LogP contribution in [0.1, 0.15) is 44.3 Å². The molecule has 3 aliphatic rings. The minimum Gasteiger partial charge on any atom is -0.371 e. The average Bonchev–Trinajstić information content (AvgIpc) is 3.37. The van der Waals surface area contributed by atoms with Gasteiger partial charge in [0, 0.05) is 30.8 Å².